The van der Waals surface area contributed by atoms with E-state index < -0.39 is 29.5 Å². The van der Waals surface area contributed by atoms with Crippen LogP contribution in [-0.2, 0) is 22.1 Å². The molecule has 0 radical (unpaired) electrons. The number of ether oxygens (including phenoxy) is 1. The molecular formula is C13H15F3N2O3. The molecule has 0 saturated heterocycles. The van der Waals surface area contributed by atoms with E-state index in [1.54, 1.807) is 6.92 Å². The van der Waals surface area contributed by atoms with Gasteiger partial charge in [0.05, 0.1) is 11.8 Å². The normalized spacial score (nSPS) is 19.4. The topological polar surface area (TPSA) is 72.0 Å². The van der Waals surface area contributed by atoms with E-state index in [-0.39, 0.29) is 29.9 Å². The number of carbonyl (C=O) groups is 1. The van der Waals surface area contributed by atoms with Crippen molar-refractivity contribution in [3.8, 4) is 0 Å². The molecule has 0 bridgehead atoms. The van der Waals surface area contributed by atoms with Gasteiger partial charge in [-0.25, -0.2) is 5.10 Å². The van der Waals surface area contributed by atoms with Gasteiger partial charge in [0.25, 0.3) is 5.56 Å². The van der Waals surface area contributed by atoms with Crippen molar-refractivity contribution in [1.82, 2.24) is 10.2 Å². The maximum absolute atomic E-state index is 12.9. The lowest BCUT2D eigenvalue weighted by Gasteiger charge is -2.18. The Kier molecular flexibility index (Phi) is 4.18. The highest BCUT2D eigenvalue weighted by atomic mass is 19.4. The molecular weight excluding hydrogens is 289 g/mol. The van der Waals surface area contributed by atoms with Gasteiger partial charge < -0.3 is 4.74 Å². The fourth-order valence-electron chi connectivity index (χ4n) is 2.60. The molecule has 1 aliphatic rings. The second-order valence-electron chi connectivity index (χ2n) is 5.17. The van der Waals surface area contributed by atoms with Crippen molar-refractivity contribution in [3.63, 3.8) is 0 Å². The molecule has 1 aromatic heterocycles. The van der Waals surface area contributed by atoms with Crippen LogP contribution in [0.2, 0.25) is 0 Å². The summed E-state index contributed by atoms with van der Waals surface area (Å²) in [7, 11) is 0. The van der Waals surface area contributed by atoms with Crippen LogP contribution in [0.15, 0.2) is 4.79 Å². The van der Waals surface area contributed by atoms with Crippen LogP contribution in [-0.4, -0.2) is 22.1 Å². The van der Waals surface area contributed by atoms with E-state index in [1.165, 1.54) is 6.92 Å². The van der Waals surface area contributed by atoms with Gasteiger partial charge in [0.2, 0.25) is 0 Å². The number of aromatic nitrogens is 2. The van der Waals surface area contributed by atoms with Gasteiger partial charge in [0.15, 0.2) is 0 Å². The number of hydrogen-bond donors (Lipinski definition) is 1. The molecule has 8 heteroatoms. The number of Topliss-reactive ketones (excluding diaryl/α,β-unsaturated/α-hetero) is 1. The summed E-state index contributed by atoms with van der Waals surface area (Å²) in [6, 6.07) is 0. The lowest BCUT2D eigenvalue weighted by molar-refractivity contribution is -0.139. The number of nitrogens with one attached hydrogen (secondary N) is 1. The summed E-state index contributed by atoms with van der Waals surface area (Å²) in [4.78, 5) is 22.4. The number of alkyl halides is 3. The monoisotopic (exact) mass is 304 g/mol. The molecule has 0 aromatic carbocycles. The molecule has 0 spiro atoms. The Labute approximate surface area is 118 Å². The highest BCUT2D eigenvalue weighted by Crippen LogP contribution is 2.39. The van der Waals surface area contributed by atoms with Crippen molar-refractivity contribution in [1.29, 1.82) is 0 Å². The van der Waals surface area contributed by atoms with E-state index in [9.17, 15) is 22.8 Å². The van der Waals surface area contributed by atoms with Crippen molar-refractivity contribution in [3.05, 3.63) is 27.2 Å². The molecule has 0 fully saturated rings. The van der Waals surface area contributed by atoms with E-state index >= 15 is 0 Å². The Morgan fingerprint density at radius 3 is 2.76 bits per heavy atom. The van der Waals surface area contributed by atoms with Crippen LogP contribution in [0.4, 0.5) is 13.2 Å². The first-order chi connectivity index (χ1) is 9.70. The number of ketones is 1. The van der Waals surface area contributed by atoms with E-state index in [0.717, 1.165) is 0 Å². The lowest BCUT2D eigenvalue weighted by atomic mass is 10.1. The molecule has 2 atom stereocenters. The van der Waals surface area contributed by atoms with Gasteiger partial charge in [-0.05, 0) is 32.3 Å². The van der Waals surface area contributed by atoms with Crippen LogP contribution < -0.4 is 5.56 Å². The number of halogens is 3. The van der Waals surface area contributed by atoms with Gasteiger partial charge in [0.1, 0.15) is 17.5 Å². The fourth-order valence-corrected chi connectivity index (χ4v) is 2.60. The quantitative estimate of drug-likeness (QED) is 0.925. The average Bonchev–Trinajstić information content (AvgIpc) is 2.68. The Balaban J connectivity index is 2.29. The summed E-state index contributed by atoms with van der Waals surface area (Å²) < 4.78 is 44.4. The average molecular weight is 304 g/mol. The standard InChI is InChI=1S/C13H15F3N2O3/c1-6(19)5-7(2)21-9-4-3-8-10(13(14,15)16)12(20)18-17-11(8)9/h7,9H,3-5H2,1-2H3,(H,18,20). The second-order valence-corrected chi connectivity index (χ2v) is 5.17. The molecule has 2 unspecified atom stereocenters. The zero-order valence-corrected chi connectivity index (χ0v) is 11.6. The minimum atomic E-state index is -4.72. The summed E-state index contributed by atoms with van der Waals surface area (Å²) >= 11 is 0. The van der Waals surface area contributed by atoms with Gasteiger partial charge >= 0.3 is 6.18 Å². The van der Waals surface area contributed by atoms with Crippen molar-refractivity contribution in [2.24, 2.45) is 0 Å². The van der Waals surface area contributed by atoms with Crippen LogP contribution >= 0.6 is 0 Å². The Morgan fingerprint density at radius 1 is 1.52 bits per heavy atom. The van der Waals surface area contributed by atoms with E-state index in [0.29, 0.717) is 6.42 Å². The number of nitrogens with zero attached hydrogens (tertiary/aromatic N) is 1. The highest BCUT2D eigenvalue weighted by molar-refractivity contribution is 5.75. The zero-order valence-electron chi connectivity index (χ0n) is 11.6. The predicted molar refractivity (Wildman–Crippen MR) is 66.8 cm³/mol. The van der Waals surface area contributed by atoms with Gasteiger partial charge in [-0.3, -0.25) is 9.59 Å². The molecule has 1 aromatic rings. The number of rotatable bonds is 4. The number of H-pyrrole nitrogens is 1. The molecule has 0 amide bonds. The molecule has 1 aliphatic carbocycles. The first-order valence-electron chi connectivity index (χ1n) is 6.53. The maximum atomic E-state index is 12.9. The third kappa shape index (κ3) is 3.31. The van der Waals surface area contributed by atoms with Gasteiger partial charge in [0, 0.05) is 6.42 Å². The molecule has 116 valence electrons. The minimum Gasteiger partial charge on any atom is -0.368 e. The summed E-state index contributed by atoms with van der Waals surface area (Å²) in [6.45, 7) is 3.09. The first-order valence-corrected chi connectivity index (χ1v) is 6.53. The third-order valence-corrected chi connectivity index (χ3v) is 3.33. The Hall–Kier alpha value is -1.70. The molecule has 1 heterocycles. The van der Waals surface area contributed by atoms with Crippen LogP contribution in [0, 0.1) is 0 Å². The van der Waals surface area contributed by atoms with Crippen LogP contribution in [0.3, 0.4) is 0 Å². The maximum Gasteiger partial charge on any atom is 0.422 e. The van der Waals surface area contributed by atoms with E-state index in [2.05, 4.69) is 5.10 Å². The molecule has 2 rings (SSSR count). The fraction of sp³-hybridized carbons (Fsp3) is 0.615. The second kappa shape index (κ2) is 5.59. The van der Waals surface area contributed by atoms with Crippen molar-refractivity contribution >= 4 is 5.78 Å². The molecule has 21 heavy (non-hydrogen) atoms. The predicted octanol–water partition coefficient (Wildman–Crippen LogP) is 2.16. The first kappa shape index (κ1) is 15.7. The molecule has 5 nitrogen and oxygen atoms in total. The number of aromatic amines is 1. The molecule has 1 N–H and O–H groups in total. The lowest BCUT2D eigenvalue weighted by Crippen LogP contribution is -2.26. The van der Waals surface area contributed by atoms with Crippen LogP contribution in [0.25, 0.3) is 0 Å². The Bertz CT molecular complexity index is 610. The number of carbonyl (C=O) groups excluding carboxylic acids is 1. The SMILES string of the molecule is CC(=O)CC(C)OC1CCc2c1n[nH]c(=O)c2C(F)(F)F. The molecule has 0 aliphatic heterocycles. The van der Waals surface area contributed by atoms with Gasteiger partial charge in [-0.1, -0.05) is 0 Å². The van der Waals surface area contributed by atoms with Crippen molar-refractivity contribution in [2.45, 2.75) is 51.5 Å². The van der Waals surface area contributed by atoms with E-state index in [1.807, 2.05) is 5.10 Å². The zero-order chi connectivity index (χ0) is 15.8. The summed E-state index contributed by atoms with van der Waals surface area (Å²) in [5, 5.41) is 5.58. The van der Waals surface area contributed by atoms with E-state index in [4.69, 9.17) is 4.74 Å². The summed E-state index contributed by atoms with van der Waals surface area (Å²) in [6.07, 6.45) is -5.19. The third-order valence-electron chi connectivity index (χ3n) is 3.33. The summed E-state index contributed by atoms with van der Waals surface area (Å²) in [5.74, 6) is -0.0638. The van der Waals surface area contributed by atoms with Crippen molar-refractivity contribution < 1.29 is 22.7 Å². The van der Waals surface area contributed by atoms with Crippen LogP contribution in [0.1, 0.15) is 49.6 Å². The number of hydrogen-bond acceptors (Lipinski definition) is 4. The van der Waals surface area contributed by atoms with Crippen LogP contribution in [0.5, 0.6) is 0 Å². The minimum absolute atomic E-state index is 0.0638. The smallest absolute Gasteiger partial charge is 0.368 e. The Morgan fingerprint density at radius 2 is 2.19 bits per heavy atom. The summed E-state index contributed by atoms with van der Waals surface area (Å²) in [5.41, 5.74) is -2.43. The van der Waals surface area contributed by atoms with Gasteiger partial charge in [-0.2, -0.15) is 18.3 Å². The highest BCUT2D eigenvalue weighted by Gasteiger charge is 2.41. The largest absolute Gasteiger partial charge is 0.422 e. The van der Waals surface area contributed by atoms with Crippen molar-refractivity contribution in [2.75, 3.05) is 0 Å². The van der Waals surface area contributed by atoms with Gasteiger partial charge in [-0.15, -0.1) is 0 Å². The molecule has 0 saturated carbocycles. The number of fused-ring (bicyclic) bond motifs is 1.